The molecule has 2 rings (SSSR count). The van der Waals surface area contributed by atoms with E-state index in [4.69, 9.17) is 0 Å². The molecule has 2 aliphatic rings. The molecule has 0 spiro atoms. The van der Waals surface area contributed by atoms with Crippen LogP contribution >= 0.6 is 11.8 Å². The summed E-state index contributed by atoms with van der Waals surface area (Å²) in [6, 6.07) is 2.67. The molecule has 0 amide bonds. The number of thioether (sulfide) groups is 1. The van der Waals surface area contributed by atoms with Gasteiger partial charge in [-0.05, 0) is 23.8 Å². The maximum absolute atomic E-state index is 9.22. The highest BCUT2D eigenvalue weighted by atomic mass is 32.2. The predicted octanol–water partition coefficient (Wildman–Crippen LogP) is 0.537. The first-order chi connectivity index (χ1) is 6.92. The van der Waals surface area contributed by atoms with Gasteiger partial charge in [-0.25, -0.2) is 0 Å². The topological polar surface area (TPSA) is 39.1 Å². The van der Waals surface area contributed by atoms with Crippen LogP contribution in [0.25, 0.3) is 0 Å². The number of nitrogens with one attached hydrogen (secondary N) is 1. The molecule has 1 N–H and O–H groups in total. The van der Waals surface area contributed by atoms with Crippen molar-refractivity contribution in [1.82, 2.24) is 10.2 Å². The van der Waals surface area contributed by atoms with Gasteiger partial charge >= 0.3 is 0 Å². The first-order valence-corrected chi connectivity index (χ1v) is 6.49. The molecule has 0 aromatic carbocycles. The van der Waals surface area contributed by atoms with Gasteiger partial charge in [0.1, 0.15) is 6.04 Å². The van der Waals surface area contributed by atoms with Gasteiger partial charge < -0.3 is 5.32 Å². The SMILES string of the molecule is N#CC(C1CCSC1)N1CCNCC1. The lowest BCUT2D eigenvalue weighted by molar-refractivity contribution is 0.169. The molecule has 2 unspecified atom stereocenters. The van der Waals surface area contributed by atoms with E-state index in [1.54, 1.807) is 0 Å². The number of hydrogen-bond donors (Lipinski definition) is 1. The average Bonchev–Trinajstić information content (AvgIpc) is 2.74. The van der Waals surface area contributed by atoms with Crippen molar-refractivity contribution in [2.75, 3.05) is 37.7 Å². The van der Waals surface area contributed by atoms with Crippen LogP contribution in [-0.4, -0.2) is 48.6 Å². The second-order valence-electron chi connectivity index (χ2n) is 3.98. The minimum atomic E-state index is 0.173. The Bertz CT molecular complexity index is 214. The molecule has 0 aromatic rings. The number of hydrogen-bond acceptors (Lipinski definition) is 4. The zero-order chi connectivity index (χ0) is 9.80. The molecule has 3 nitrogen and oxygen atoms in total. The summed E-state index contributed by atoms with van der Waals surface area (Å²) in [5.74, 6) is 3.04. The average molecular weight is 211 g/mol. The molecule has 2 saturated heterocycles. The van der Waals surface area contributed by atoms with Crippen molar-refractivity contribution in [2.45, 2.75) is 12.5 Å². The highest BCUT2D eigenvalue weighted by Crippen LogP contribution is 2.28. The van der Waals surface area contributed by atoms with E-state index in [0.29, 0.717) is 5.92 Å². The van der Waals surface area contributed by atoms with E-state index in [1.165, 1.54) is 17.9 Å². The Hall–Kier alpha value is -0.240. The van der Waals surface area contributed by atoms with Gasteiger partial charge in [0.25, 0.3) is 0 Å². The Labute approximate surface area is 89.8 Å². The molecule has 2 aliphatic heterocycles. The lowest BCUT2D eigenvalue weighted by atomic mass is 9.98. The molecular weight excluding hydrogens is 194 g/mol. The Morgan fingerprint density at radius 3 is 2.79 bits per heavy atom. The fourth-order valence-electron chi connectivity index (χ4n) is 2.25. The molecule has 0 saturated carbocycles. The van der Waals surface area contributed by atoms with Crippen LogP contribution in [0.4, 0.5) is 0 Å². The fraction of sp³-hybridized carbons (Fsp3) is 0.900. The van der Waals surface area contributed by atoms with Crippen molar-refractivity contribution in [2.24, 2.45) is 5.92 Å². The van der Waals surface area contributed by atoms with Crippen molar-refractivity contribution in [3.05, 3.63) is 0 Å². The molecule has 2 fully saturated rings. The van der Waals surface area contributed by atoms with Crippen molar-refractivity contribution in [1.29, 1.82) is 5.26 Å². The summed E-state index contributed by atoms with van der Waals surface area (Å²) in [6.45, 7) is 4.16. The first kappa shape index (κ1) is 10.3. The third-order valence-corrected chi connectivity index (χ3v) is 4.28. The third-order valence-electron chi connectivity index (χ3n) is 3.09. The Morgan fingerprint density at radius 2 is 2.21 bits per heavy atom. The number of nitriles is 1. The zero-order valence-electron chi connectivity index (χ0n) is 8.41. The molecule has 0 radical (unpaired) electrons. The largest absolute Gasteiger partial charge is 0.314 e. The number of piperazine rings is 1. The maximum Gasteiger partial charge on any atom is 0.101 e. The standard InChI is InChI=1S/C10H17N3S/c11-7-10(9-1-6-14-8-9)13-4-2-12-3-5-13/h9-10,12H,1-6,8H2. The first-order valence-electron chi connectivity index (χ1n) is 5.34. The fourth-order valence-corrected chi connectivity index (χ4v) is 3.54. The summed E-state index contributed by atoms with van der Waals surface area (Å²) in [6.07, 6.45) is 1.23. The second-order valence-corrected chi connectivity index (χ2v) is 5.13. The van der Waals surface area contributed by atoms with E-state index >= 15 is 0 Å². The lowest BCUT2D eigenvalue weighted by Crippen LogP contribution is -2.50. The summed E-state index contributed by atoms with van der Waals surface area (Å²) in [5.41, 5.74) is 0. The molecule has 2 atom stereocenters. The molecular formula is C10H17N3S. The Morgan fingerprint density at radius 1 is 1.43 bits per heavy atom. The normalized spacial score (nSPS) is 31.2. The summed E-state index contributed by atoms with van der Waals surface area (Å²) in [4.78, 5) is 2.35. The lowest BCUT2D eigenvalue weighted by Gasteiger charge is -2.33. The van der Waals surface area contributed by atoms with Gasteiger partial charge in [0, 0.05) is 26.2 Å². The summed E-state index contributed by atoms with van der Waals surface area (Å²) < 4.78 is 0. The van der Waals surface area contributed by atoms with E-state index < -0.39 is 0 Å². The number of rotatable bonds is 2. The third kappa shape index (κ3) is 2.22. The van der Waals surface area contributed by atoms with Crippen LogP contribution in [0.2, 0.25) is 0 Å². The van der Waals surface area contributed by atoms with Gasteiger partial charge in [-0.1, -0.05) is 0 Å². The highest BCUT2D eigenvalue weighted by Gasteiger charge is 2.30. The maximum atomic E-state index is 9.22. The van der Waals surface area contributed by atoms with E-state index in [1.807, 2.05) is 11.8 Å². The molecule has 0 aliphatic carbocycles. The van der Waals surface area contributed by atoms with Crippen LogP contribution in [0, 0.1) is 17.2 Å². The molecule has 0 aromatic heterocycles. The van der Waals surface area contributed by atoms with Crippen molar-refractivity contribution in [3.8, 4) is 6.07 Å². The molecule has 2 heterocycles. The quantitative estimate of drug-likeness (QED) is 0.723. The van der Waals surface area contributed by atoms with E-state index in [-0.39, 0.29) is 6.04 Å². The van der Waals surface area contributed by atoms with Gasteiger partial charge in [0.05, 0.1) is 6.07 Å². The Kier molecular flexibility index (Phi) is 3.68. The van der Waals surface area contributed by atoms with E-state index in [9.17, 15) is 5.26 Å². The zero-order valence-corrected chi connectivity index (χ0v) is 9.22. The smallest absolute Gasteiger partial charge is 0.101 e. The summed E-state index contributed by atoms with van der Waals surface area (Å²) in [5, 5.41) is 12.5. The van der Waals surface area contributed by atoms with E-state index in [2.05, 4.69) is 16.3 Å². The van der Waals surface area contributed by atoms with Crippen LogP contribution in [0.1, 0.15) is 6.42 Å². The van der Waals surface area contributed by atoms with Crippen LogP contribution in [0.15, 0.2) is 0 Å². The van der Waals surface area contributed by atoms with Crippen molar-refractivity contribution in [3.63, 3.8) is 0 Å². The highest BCUT2D eigenvalue weighted by molar-refractivity contribution is 7.99. The summed E-state index contributed by atoms with van der Waals surface area (Å²) >= 11 is 2.00. The van der Waals surface area contributed by atoms with Crippen LogP contribution < -0.4 is 5.32 Å². The molecule has 4 heteroatoms. The molecule has 0 bridgehead atoms. The minimum absolute atomic E-state index is 0.173. The Balaban J connectivity index is 1.93. The van der Waals surface area contributed by atoms with Gasteiger partial charge in [0.2, 0.25) is 0 Å². The number of nitrogens with zero attached hydrogens (tertiary/aromatic N) is 2. The predicted molar refractivity (Wildman–Crippen MR) is 59.3 cm³/mol. The molecule has 78 valence electrons. The van der Waals surface area contributed by atoms with Gasteiger partial charge in [0.15, 0.2) is 0 Å². The monoisotopic (exact) mass is 211 g/mol. The van der Waals surface area contributed by atoms with Crippen molar-refractivity contribution >= 4 is 11.8 Å². The van der Waals surface area contributed by atoms with E-state index in [0.717, 1.165) is 26.2 Å². The van der Waals surface area contributed by atoms with Crippen molar-refractivity contribution < 1.29 is 0 Å². The molecule has 14 heavy (non-hydrogen) atoms. The summed E-state index contributed by atoms with van der Waals surface area (Å²) in [7, 11) is 0. The minimum Gasteiger partial charge on any atom is -0.314 e. The second kappa shape index (κ2) is 5.01. The van der Waals surface area contributed by atoms with Gasteiger partial charge in [-0.3, -0.25) is 4.90 Å². The van der Waals surface area contributed by atoms with Crippen LogP contribution in [-0.2, 0) is 0 Å². The van der Waals surface area contributed by atoms with Crippen LogP contribution in [0.3, 0.4) is 0 Å². The van der Waals surface area contributed by atoms with Gasteiger partial charge in [-0.2, -0.15) is 17.0 Å². The van der Waals surface area contributed by atoms with Gasteiger partial charge in [-0.15, -0.1) is 0 Å². The van der Waals surface area contributed by atoms with Crippen LogP contribution in [0.5, 0.6) is 0 Å².